The van der Waals surface area contributed by atoms with Gasteiger partial charge in [0.15, 0.2) is 0 Å². The van der Waals surface area contributed by atoms with Crippen molar-refractivity contribution in [2.45, 2.75) is 6.18 Å². The maximum Gasteiger partial charge on any atom is 0.401 e. The highest BCUT2D eigenvalue weighted by molar-refractivity contribution is 7.14. The molecule has 10 heteroatoms. The average molecular weight is 321 g/mol. The third kappa shape index (κ3) is 6.24. The van der Waals surface area contributed by atoms with Crippen LogP contribution in [-0.4, -0.2) is 47.7 Å². The molecule has 1 aromatic rings. The number of hydrogen-bond donors (Lipinski definition) is 2. The van der Waals surface area contributed by atoms with Gasteiger partial charge in [0.1, 0.15) is 11.1 Å². The number of carboxylic acid groups (broad SMARTS) is 1. The van der Waals surface area contributed by atoms with E-state index in [-0.39, 0.29) is 10.6 Å². The molecule has 1 aromatic heterocycles. The minimum Gasteiger partial charge on any atom is -0.480 e. The van der Waals surface area contributed by atoms with Crippen LogP contribution in [0.4, 0.5) is 18.2 Å². The van der Waals surface area contributed by atoms with E-state index in [1.54, 1.807) is 5.38 Å². The number of rotatable bonds is 6. The lowest BCUT2D eigenvalue weighted by atomic mass is 10.3. The molecule has 0 aliphatic heterocycles. The molecular formula is C11H10F3N3O3S. The van der Waals surface area contributed by atoms with Gasteiger partial charge >= 0.3 is 12.1 Å². The predicted octanol–water partition coefficient (Wildman–Crippen LogP) is 1.51. The summed E-state index contributed by atoms with van der Waals surface area (Å²) in [4.78, 5) is 22.6. The second kappa shape index (κ2) is 7.05. The Kier molecular flexibility index (Phi) is 5.69. The quantitative estimate of drug-likeness (QED) is 0.828. The Hall–Kier alpha value is -2.12. The van der Waals surface area contributed by atoms with E-state index in [1.807, 2.05) is 6.07 Å². The Morgan fingerprint density at radius 2 is 2.10 bits per heavy atom. The Labute approximate surface area is 121 Å². The minimum atomic E-state index is -4.61. The van der Waals surface area contributed by atoms with Crippen molar-refractivity contribution in [3.8, 4) is 6.07 Å². The summed E-state index contributed by atoms with van der Waals surface area (Å²) in [6, 6.07) is 3.26. The average Bonchev–Trinajstić information content (AvgIpc) is 2.72. The summed E-state index contributed by atoms with van der Waals surface area (Å²) in [7, 11) is 0. The molecule has 2 N–H and O–H groups in total. The number of aliphatic carboxylic acids is 1. The Bertz CT molecular complexity index is 565. The number of nitrogens with zero attached hydrogens (tertiary/aromatic N) is 2. The van der Waals surface area contributed by atoms with Gasteiger partial charge in [0.05, 0.1) is 25.2 Å². The first kappa shape index (κ1) is 16.9. The van der Waals surface area contributed by atoms with E-state index in [0.717, 1.165) is 11.3 Å². The lowest BCUT2D eigenvalue weighted by Gasteiger charge is -2.20. The van der Waals surface area contributed by atoms with E-state index in [9.17, 15) is 22.8 Å². The van der Waals surface area contributed by atoms with Gasteiger partial charge in [-0.2, -0.15) is 18.4 Å². The lowest BCUT2D eigenvalue weighted by Crippen LogP contribution is -2.42. The number of thiophene rings is 1. The van der Waals surface area contributed by atoms with Gasteiger partial charge in [0.2, 0.25) is 5.91 Å². The zero-order valence-corrected chi connectivity index (χ0v) is 11.3. The van der Waals surface area contributed by atoms with Crippen molar-refractivity contribution < 1.29 is 27.9 Å². The van der Waals surface area contributed by atoms with E-state index in [1.165, 1.54) is 6.07 Å². The summed E-state index contributed by atoms with van der Waals surface area (Å²) in [5.74, 6) is -2.29. The van der Waals surface area contributed by atoms with E-state index in [2.05, 4.69) is 5.32 Å². The molecule has 1 rings (SSSR count). The molecule has 0 aliphatic carbocycles. The number of carbonyl (C=O) groups excluding carboxylic acids is 1. The third-order valence-electron chi connectivity index (χ3n) is 2.17. The van der Waals surface area contributed by atoms with Gasteiger partial charge in [-0.05, 0) is 11.4 Å². The highest BCUT2D eigenvalue weighted by Crippen LogP contribution is 2.22. The first-order valence-electron chi connectivity index (χ1n) is 5.49. The van der Waals surface area contributed by atoms with Gasteiger partial charge in [-0.3, -0.25) is 14.5 Å². The first-order chi connectivity index (χ1) is 9.71. The van der Waals surface area contributed by atoms with E-state index >= 15 is 0 Å². The number of nitriles is 1. The maximum absolute atomic E-state index is 12.3. The number of hydrogen-bond acceptors (Lipinski definition) is 5. The number of alkyl halides is 3. The summed E-state index contributed by atoms with van der Waals surface area (Å²) in [5, 5.41) is 21.3. The lowest BCUT2D eigenvalue weighted by molar-refractivity contribution is -0.154. The Balaban J connectivity index is 2.68. The van der Waals surface area contributed by atoms with E-state index in [4.69, 9.17) is 10.4 Å². The zero-order valence-electron chi connectivity index (χ0n) is 10.5. The second-order valence-electron chi connectivity index (χ2n) is 3.98. The maximum atomic E-state index is 12.3. The van der Waals surface area contributed by atoms with Crippen LogP contribution in [0.5, 0.6) is 0 Å². The molecule has 0 bridgehead atoms. The molecule has 1 amide bonds. The van der Waals surface area contributed by atoms with Crippen LogP contribution in [0.25, 0.3) is 0 Å². The van der Waals surface area contributed by atoms with Crippen LogP contribution < -0.4 is 5.32 Å². The van der Waals surface area contributed by atoms with Crippen molar-refractivity contribution in [1.29, 1.82) is 5.26 Å². The molecule has 0 saturated carbocycles. The van der Waals surface area contributed by atoms with Crippen molar-refractivity contribution in [1.82, 2.24) is 4.90 Å². The predicted molar refractivity (Wildman–Crippen MR) is 67.8 cm³/mol. The fourth-order valence-corrected chi connectivity index (χ4v) is 2.23. The molecule has 6 nitrogen and oxygen atoms in total. The fraction of sp³-hybridized carbons (Fsp3) is 0.364. The number of carbonyl (C=O) groups is 2. The molecule has 114 valence electrons. The second-order valence-corrected chi connectivity index (χ2v) is 4.89. The molecule has 0 aromatic carbocycles. The van der Waals surface area contributed by atoms with Gasteiger partial charge in [0, 0.05) is 0 Å². The summed E-state index contributed by atoms with van der Waals surface area (Å²) >= 11 is 1.05. The molecule has 0 aliphatic rings. The summed E-state index contributed by atoms with van der Waals surface area (Å²) in [6.07, 6.45) is -4.61. The molecular weight excluding hydrogens is 311 g/mol. The van der Waals surface area contributed by atoms with Gasteiger partial charge < -0.3 is 10.4 Å². The number of amides is 1. The van der Waals surface area contributed by atoms with Crippen LogP contribution in [0.1, 0.15) is 5.56 Å². The van der Waals surface area contributed by atoms with Gasteiger partial charge in [-0.15, -0.1) is 11.3 Å². The smallest absolute Gasteiger partial charge is 0.401 e. The van der Waals surface area contributed by atoms with Gasteiger partial charge in [-0.1, -0.05) is 0 Å². The molecule has 0 atom stereocenters. The van der Waals surface area contributed by atoms with E-state index in [0.29, 0.717) is 4.90 Å². The number of nitrogens with one attached hydrogen (secondary N) is 1. The fourth-order valence-electron chi connectivity index (χ4n) is 1.48. The summed E-state index contributed by atoms with van der Waals surface area (Å²) in [6.45, 7) is -3.17. The topological polar surface area (TPSA) is 93.4 Å². The monoisotopic (exact) mass is 321 g/mol. The number of halogens is 3. The number of carboxylic acids is 1. The van der Waals surface area contributed by atoms with Crippen LogP contribution in [0.15, 0.2) is 11.4 Å². The molecule has 0 unspecified atom stereocenters. The van der Waals surface area contributed by atoms with Crippen LogP contribution in [0.3, 0.4) is 0 Å². The van der Waals surface area contributed by atoms with Crippen molar-refractivity contribution in [3.63, 3.8) is 0 Å². The zero-order chi connectivity index (χ0) is 16.0. The third-order valence-corrected chi connectivity index (χ3v) is 3.00. The van der Waals surface area contributed by atoms with Gasteiger partial charge in [0.25, 0.3) is 0 Å². The number of anilines is 1. The minimum absolute atomic E-state index is 0.189. The van der Waals surface area contributed by atoms with Crippen molar-refractivity contribution in [2.24, 2.45) is 0 Å². The van der Waals surface area contributed by atoms with Crippen LogP contribution in [0, 0.1) is 11.3 Å². The summed E-state index contributed by atoms with van der Waals surface area (Å²) in [5.41, 5.74) is 0.189. The molecule has 0 saturated heterocycles. The standard InChI is InChI=1S/C11H10F3N3O3S/c12-11(13,14)6-17(5-9(19)20)4-8(18)16-10-7(3-15)1-2-21-10/h1-2H,4-6H2,(H,16,18)(H,19,20). The van der Waals surface area contributed by atoms with Crippen molar-refractivity contribution in [2.75, 3.05) is 25.0 Å². The van der Waals surface area contributed by atoms with Crippen molar-refractivity contribution >= 4 is 28.2 Å². The largest absolute Gasteiger partial charge is 0.480 e. The highest BCUT2D eigenvalue weighted by atomic mass is 32.1. The molecule has 1 heterocycles. The molecule has 21 heavy (non-hydrogen) atoms. The Morgan fingerprint density at radius 1 is 1.43 bits per heavy atom. The normalized spacial score (nSPS) is 11.2. The molecule has 0 spiro atoms. The SMILES string of the molecule is N#Cc1ccsc1NC(=O)CN(CC(=O)O)CC(F)(F)F. The van der Waals surface area contributed by atoms with Crippen LogP contribution in [-0.2, 0) is 9.59 Å². The molecule has 0 radical (unpaired) electrons. The van der Waals surface area contributed by atoms with Crippen molar-refractivity contribution in [3.05, 3.63) is 17.0 Å². The van der Waals surface area contributed by atoms with Crippen LogP contribution in [0.2, 0.25) is 0 Å². The Morgan fingerprint density at radius 3 is 2.62 bits per heavy atom. The highest BCUT2D eigenvalue weighted by Gasteiger charge is 2.32. The summed E-state index contributed by atoms with van der Waals surface area (Å²) < 4.78 is 36.9. The van der Waals surface area contributed by atoms with Gasteiger partial charge in [-0.25, -0.2) is 0 Å². The molecule has 0 fully saturated rings. The first-order valence-corrected chi connectivity index (χ1v) is 6.37. The van der Waals surface area contributed by atoms with Crippen LogP contribution >= 0.6 is 11.3 Å². The van der Waals surface area contributed by atoms with E-state index < -0.39 is 37.7 Å².